The van der Waals surface area contributed by atoms with E-state index in [1.54, 1.807) is 17.1 Å². The molecule has 1 saturated heterocycles. The third-order valence-electron chi connectivity index (χ3n) is 4.21. The number of imide groups is 1. The minimum absolute atomic E-state index is 0.142. The van der Waals surface area contributed by atoms with Crippen molar-refractivity contribution in [3.8, 4) is 0 Å². The lowest BCUT2D eigenvalue weighted by molar-refractivity contribution is -0.119. The molecule has 30 heavy (non-hydrogen) atoms. The molecule has 3 amide bonds. The number of aliphatic imine (C=N–C) groups is 1. The van der Waals surface area contributed by atoms with Gasteiger partial charge in [-0.1, -0.05) is 59.1 Å². The summed E-state index contributed by atoms with van der Waals surface area (Å²) in [6.07, 6.45) is 2.06. The number of nitrogens with zero attached hydrogens (tertiary/aromatic N) is 4. The van der Waals surface area contributed by atoms with Gasteiger partial charge in [-0.3, -0.25) is 14.6 Å². The molecule has 0 spiro atoms. The van der Waals surface area contributed by atoms with Crippen LogP contribution >= 0.6 is 46.4 Å². The van der Waals surface area contributed by atoms with Crippen LogP contribution in [0.3, 0.4) is 0 Å². The van der Waals surface area contributed by atoms with Crippen molar-refractivity contribution in [1.29, 1.82) is 0 Å². The van der Waals surface area contributed by atoms with Gasteiger partial charge in [-0.25, -0.2) is 19.1 Å². The van der Waals surface area contributed by atoms with Crippen molar-refractivity contribution in [2.45, 2.75) is 15.3 Å². The molecule has 0 N–H and O–H groups in total. The van der Waals surface area contributed by atoms with Gasteiger partial charge in [-0.15, -0.1) is 24.8 Å². The Balaban J connectivity index is 2.66. The highest BCUT2D eigenvalue weighted by Gasteiger charge is 2.46. The number of para-hydroxylation sites is 1. The van der Waals surface area contributed by atoms with Crippen LogP contribution in [0.1, 0.15) is 0 Å². The number of hydrogen-bond acceptors (Lipinski definition) is 4. The maximum absolute atomic E-state index is 14.4. The molecule has 1 heterocycles. The number of benzene rings is 1. The molecule has 11 heteroatoms. The Kier molecular flexibility index (Phi) is 8.30. The van der Waals surface area contributed by atoms with Gasteiger partial charge in [-0.05, 0) is 12.1 Å². The minimum atomic E-state index is -1.96. The molecule has 2 rings (SSSR count). The van der Waals surface area contributed by atoms with Gasteiger partial charge in [0, 0.05) is 20.1 Å². The maximum atomic E-state index is 14.4. The fraction of sp³-hybridized carbons (Fsp3) is 0.316. The van der Waals surface area contributed by atoms with Crippen molar-refractivity contribution in [1.82, 2.24) is 9.80 Å². The molecule has 2 atom stereocenters. The van der Waals surface area contributed by atoms with Crippen LogP contribution in [0, 0.1) is 5.82 Å². The van der Waals surface area contributed by atoms with E-state index in [0.717, 1.165) is 15.9 Å². The number of carbonyl (C=O) groups excluding carboxylic acids is 2. The second-order valence-electron chi connectivity index (χ2n) is 6.27. The summed E-state index contributed by atoms with van der Waals surface area (Å²) in [5.41, 5.74) is -0.142. The van der Waals surface area contributed by atoms with Crippen LogP contribution in [0.5, 0.6) is 0 Å². The average Bonchev–Trinajstić information content (AvgIpc) is 2.89. The Labute approximate surface area is 194 Å². The number of amidine groups is 1. The fourth-order valence-electron chi connectivity index (χ4n) is 2.78. The Bertz CT molecular complexity index is 864. The summed E-state index contributed by atoms with van der Waals surface area (Å²) in [7, 11) is 1.26. The second-order valence-corrected chi connectivity index (χ2v) is 9.11. The van der Waals surface area contributed by atoms with E-state index in [-0.39, 0.29) is 24.6 Å². The van der Waals surface area contributed by atoms with E-state index >= 15 is 0 Å². The number of rotatable bonds is 8. The van der Waals surface area contributed by atoms with Gasteiger partial charge < -0.3 is 0 Å². The van der Waals surface area contributed by atoms with Crippen LogP contribution in [-0.4, -0.2) is 63.0 Å². The molecular formula is C19H19Cl4FN4O2. The van der Waals surface area contributed by atoms with Crippen LogP contribution in [0.15, 0.2) is 54.6 Å². The predicted octanol–water partition coefficient (Wildman–Crippen LogP) is 4.60. The SMILES string of the molecule is C=CCN(CC=C)C(/N=C1/C(=O)N(C)C(=O)N1c1ccccc1F)C(Cl)C(Cl)(Cl)Cl. The van der Waals surface area contributed by atoms with Gasteiger partial charge in [-0.2, -0.15) is 0 Å². The summed E-state index contributed by atoms with van der Waals surface area (Å²) in [5, 5.41) is -1.23. The number of amides is 3. The molecule has 0 saturated carbocycles. The van der Waals surface area contributed by atoms with E-state index in [0.29, 0.717) is 0 Å². The van der Waals surface area contributed by atoms with Crippen molar-refractivity contribution in [2.75, 3.05) is 25.0 Å². The smallest absolute Gasteiger partial charge is 0.273 e. The highest BCUT2D eigenvalue weighted by molar-refractivity contribution is 6.70. The maximum Gasteiger partial charge on any atom is 0.337 e. The third-order valence-corrected chi connectivity index (χ3v) is 5.80. The van der Waals surface area contributed by atoms with E-state index in [1.165, 1.54) is 25.2 Å². The topological polar surface area (TPSA) is 56.2 Å². The van der Waals surface area contributed by atoms with Gasteiger partial charge in [0.05, 0.1) is 5.69 Å². The zero-order valence-corrected chi connectivity index (χ0v) is 19.0. The monoisotopic (exact) mass is 494 g/mol. The fourth-order valence-corrected chi connectivity index (χ4v) is 3.34. The summed E-state index contributed by atoms with van der Waals surface area (Å²) in [5.74, 6) is -1.81. The highest BCUT2D eigenvalue weighted by Crippen LogP contribution is 2.38. The first-order valence-electron chi connectivity index (χ1n) is 8.65. The van der Waals surface area contributed by atoms with E-state index in [9.17, 15) is 14.0 Å². The Morgan fingerprint density at radius 3 is 2.27 bits per heavy atom. The quantitative estimate of drug-likeness (QED) is 0.301. The minimum Gasteiger partial charge on any atom is -0.273 e. The summed E-state index contributed by atoms with van der Waals surface area (Å²) >= 11 is 24.4. The summed E-state index contributed by atoms with van der Waals surface area (Å²) in [6, 6.07) is 4.72. The molecule has 1 aromatic rings. The molecule has 0 aromatic heterocycles. The summed E-state index contributed by atoms with van der Waals surface area (Å²) in [6.45, 7) is 7.87. The molecule has 162 valence electrons. The number of alkyl halides is 4. The van der Waals surface area contributed by atoms with Crippen LogP contribution in [0.4, 0.5) is 14.9 Å². The molecule has 1 aliphatic rings. The van der Waals surface area contributed by atoms with Crippen molar-refractivity contribution < 1.29 is 14.0 Å². The number of likely N-dealkylation sites (N-methyl/N-ethyl adjacent to an activating group) is 1. The highest BCUT2D eigenvalue weighted by atomic mass is 35.6. The van der Waals surface area contributed by atoms with E-state index in [4.69, 9.17) is 46.4 Å². The number of carbonyl (C=O) groups is 2. The summed E-state index contributed by atoms with van der Waals surface area (Å²) < 4.78 is 12.5. The predicted molar refractivity (Wildman–Crippen MR) is 120 cm³/mol. The van der Waals surface area contributed by atoms with Crippen molar-refractivity contribution in [2.24, 2.45) is 4.99 Å². The van der Waals surface area contributed by atoms with Crippen LogP contribution in [0.25, 0.3) is 0 Å². The largest absolute Gasteiger partial charge is 0.337 e. The molecule has 1 fully saturated rings. The third kappa shape index (κ3) is 5.15. The Hall–Kier alpha value is -1.64. The van der Waals surface area contributed by atoms with Gasteiger partial charge in [0.15, 0.2) is 0 Å². The Morgan fingerprint density at radius 1 is 1.20 bits per heavy atom. The number of urea groups is 1. The second kappa shape index (κ2) is 10.1. The Morgan fingerprint density at radius 2 is 1.77 bits per heavy atom. The van der Waals surface area contributed by atoms with Crippen LogP contribution < -0.4 is 4.90 Å². The molecule has 0 radical (unpaired) electrons. The van der Waals surface area contributed by atoms with Gasteiger partial charge >= 0.3 is 6.03 Å². The molecule has 0 bridgehead atoms. The summed E-state index contributed by atoms with van der Waals surface area (Å²) in [4.78, 5) is 33.1. The number of halogens is 5. The van der Waals surface area contributed by atoms with E-state index < -0.39 is 33.1 Å². The number of hydrogen-bond donors (Lipinski definition) is 0. The first-order valence-corrected chi connectivity index (χ1v) is 10.2. The lowest BCUT2D eigenvalue weighted by atomic mass is 10.2. The lowest BCUT2D eigenvalue weighted by Gasteiger charge is -2.33. The lowest BCUT2D eigenvalue weighted by Crippen LogP contribution is -2.47. The molecular weight excluding hydrogens is 477 g/mol. The van der Waals surface area contributed by atoms with E-state index in [1.807, 2.05) is 0 Å². The standard InChI is InChI=1S/C19H19Cl4FN4O2/c1-4-10-27(11-5-2)15(14(20)19(21,22)23)25-16-17(29)26(3)18(30)28(16)13-9-7-6-8-12(13)24/h4-9,14-15H,1-2,10-11H2,3H3/b25-16-. The zero-order chi connectivity index (χ0) is 22.6. The van der Waals surface area contributed by atoms with Crippen LogP contribution in [0.2, 0.25) is 0 Å². The first-order chi connectivity index (χ1) is 14.0. The van der Waals surface area contributed by atoms with Crippen molar-refractivity contribution >= 4 is 69.9 Å². The zero-order valence-electron chi connectivity index (χ0n) is 15.9. The van der Waals surface area contributed by atoms with Crippen molar-refractivity contribution in [3.05, 3.63) is 55.4 Å². The average molecular weight is 496 g/mol. The molecule has 0 aliphatic carbocycles. The normalized spacial score (nSPS) is 18.3. The molecule has 1 aliphatic heterocycles. The van der Waals surface area contributed by atoms with Gasteiger partial charge in [0.1, 0.15) is 17.4 Å². The van der Waals surface area contributed by atoms with Crippen LogP contribution in [-0.2, 0) is 4.79 Å². The van der Waals surface area contributed by atoms with Gasteiger partial charge in [0.25, 0.3) is 5.91 Å². The number of anilines is 1. The van der Waals surface area contributed by atoms with Gasteiger partial charge in [0.2, 0.25) is 9.63 Å². The van der Waals surface area contributed by atoms with E-state index in [2.05, 4.69) is 18.2 Å². The molecule has 2 unspecified atom stereocenters. The first kappa shape index (κ1) is 24.6. The molecule has 6 nitrogen and oxygen atoms in total. The molecule has 1 aromatic carbocycles. The van der Waals surface area contributed by atoms with Crippen molar-refractivity contribution in [3.63, 3.8) is 0 Å².